The van der Waals surface area contributed by atoms with Gasteiger partial charge in [0.25, 0.3) is 0 Å². The molecule has 1 aliphatic carbocycles. The summed E-state index contributed by atoms with van der Waals surface area (Å²) in [7, 11) is 1.85. The summed E-state index contributed by atoms with van der Waals surface area (Å²) in [5.74, 6) is 1.33. The molecule has 1 saturated carbocycles. The van der Waals surface area contributed by atoms with E-state index in [1.54, 1.807) is 10.7 Å². The molecule has 0 saturated heterocycles. The van der Waals surface area contributed by atoms with Gasteiger partial charge in [-0.1, -0.05) is 0 Å². The number of fused-ring (bicyclic) bond motifs is 2. The molecule has 29 heavy (non-hydrogen) atoms. The van der Waals surface area contributed by atoms with Crippen LogP contribution in [-0.4, -0.2) is 53.3 Å². The van der Waals surface area contributed by atoms with Gasteiger partial charge in [0.1, 0.15) is 11.5 Å². The highest BCUT2D eigenvalue weighted by Gasteiger charge is 2.29. The third kappa shape index (κ3) is 3.27. The highest BCUT2D eigenvalue weighted by molar-refractivity contribution is 6.00. The van der Waals surface area contributed by atoms with Crippen molar-refractivity contribution >= 4 is 28.4 Å². The van der Waals surface area contributed by atoms with Gasteiger partial charge in [-0.05, 0) is 38.7 Å². The highest BCUT2D eigenvalue weighted by atomic mass is 16.3. The first-order valence-electron chi connectivity index (χ1n) is 9.89. The summed E-state index contributed by atoms with van der Waals surface area (Å²) < 4.78 is 1.73. The normalized spacial score (nSPS) is 22.2. The second-order valence-electron chi connectivity index (χ2n) is 7.93. The van der Waals surface area contributed by atoms with Crippen LogP contribution in [0.5, 0.6) is 0 Å². The summed E-state index contributed by atoms with van der Waals surface area (Å²) in [4.78, 5) is 17.3. The molecule has 1 aliphatic rings. The van der Waals surface area contributed by atoms with Crippen molar-refractivity contribution in [3.63, 3.8) is 0 Å². The minimum atomic E-state index is -0.558. The van der Waals surface area contributed by atoms with Gasteiger partial charge >= 0.3 is 0 Å². The van der Waals surface area contributed by atoms with E-state index in [0.29, 0.717) is 5.95 Å². The Kier molecular flexibility index (Phi) is 4.13. The van der Waals surface area contributed by atoms with Crippen LogP contribution in [0.4, 0.5) is 11.8 Å². The number of aromatic amines is 1. The van der Waals surface area contributed by atoms with Gasteiger partial charge in [-0.15, -0.1) is 0 Å². The average molecular weight is 392 g/mol. The number of nitrogens with zero attached hydrogens (tertiary/aromatic N) is 5. The van der Waals surface area contributed by atoms with E-state index in [0.717, 1.165) is 59.4 Å². The zero-order chi connectivity index (χ0) is 20.0. The van der Waals surface area contributed by atoms with Crippen molar-refractivity contribution < 1.29 is 5.11 Å². The molecule has 9 nitrogen and oxygen atoms in total. The Balaban J connectivity index is 1.49. The molecule has 4 aromatic heterocycles. The number of hydrogen-bond donors (Lipinski definition) is 4. The van der Waals surface area contributed by atoms with E-state index in [1.807, 2.05) is 38.5 Å². The number of hydrogen-bond acceptors (Lipinski definition) is 7. The molecule has 0 unspecified atom stereocenters. The van der Waals surface area contributed by atoms with Crippen molar-refractivity contribution in [3.8, 4) is 11.3 Å². The van der Waals surface area contributed by atoms with E-state index < -0.39 is 5.60 Å². The Morgan fingerprint density at radius 1 is 1.21 bits per heavy atom. The van der Waals surface area contributed by atoms with Crippen molar-refractivity contribution in [1.29, 1.82) is 0 Å². The molecule has 0 aromatic carbocycles. The van der Waals surface area contributed by atoms with Crippen molar-refractivity contribution in [2.45, 2.75) is 44.2 Å². The summed E-state index contributed by atoms with van der Waals surface area (Å²) in [6.07, 6.45) is 8.89. The predicted octanol–water partition coefficient (Wildman–Crippen LogP) is 2.81. The summed E-state index contributed by atoms with van der Waals surface area (Å²) in [5.41, 5.74) is 2.75. The Morgan fingerprint density at radius 2 is 2.03 bits per heavy atom. The lowest BCUT2D eigenvalue weighted by Crippen LogP contribution is -2.36. The first-order valence-corrected chi connectivity index (χ1v) is 9.89. The first kappa shape index (κ1) is 17.9. The van der Waals surface area contributed by atoms with E-state index in [2.05, 4.69) is 25.7 Å². The van der Waals surface area contributed by atoms with Crippen LogP contribution >= 0.6 is 0 Å². The zero-order valence-electron chi connectivity index (χ0n) is 16.5. The zero-order valence-corrected chi connectivity index (χ0v) is 16.5. The van der Waals surface area contributed by atoms with Gasteiger partial charge in [0, 0.05) is 37.1 Å². The van der Waals surface area contributed by atoms with Crippen molar-refractivity contribution in [1.82, 2.24) is 29.5 Å². The number of rotatable bonds is 4. The Morgan fingerprint density at radius 3 is 2.83 bits per heavy atom. The Labute approximate surface area is 167 Å². The maximum Gasteiger partial charge on any atom is 0.226 e. The van der Waals surface area contributed by atoms with Gasteiger partial charge < -0.3 is 20.7 Å². The molecule has 0 amide bonds. The Bertz CT molecular complexity index is 1170. The fraction of sp³-hybridized carbons (Fsp3) is 0.400. The summed E-state index contributed by atoms with van der Waals surface area (Å²) in [6, 6.07) is 4.07. The topological polar surface area (TPSA) is 116 Å². The molecular weight excluding hydrogens is 368 g/mol. The molecule has 1 fully saturated rings. The standard InChI is InChI=1S/C20H24N8O/c1-20(29)7-3-12(4-8-20)24-19-26-17(21-2)16-13(11-22-18(16)27-19)14-6-10-28-15(25-14)5-9-23-28/h5-6,9-12,29H,3-4,7-8H2,1-2H3,(H3,21,22,24,26,27). The average Bonchev–Trinajstić information content (AvgIpc) is 3.35. The van der Waals surface area contributed by atoms with Crippen molar-refractivity contribution in [2.75, 3.05) is 17.7 Å². The first-order chi connectivity index (χ1) is 14.0. The number of aliphatic hydroxyl groups is 1. The fourth-order valence-electron chi connectivity index (χ4n) is 4.01. The molecule has 0 radical (unpaired) electrons. The lowest BCUT2D eigenvalue weighted by atomic mass is 9.84. The largest absolute Gasteiger partial charge is 0.390 e. The van der Waals surface area contributed by atoms with E-state index in [4.69, 9.17) is 9.97 Å². The summed E-state index contributed by atoms with van der Waals surface area (Å²) in [5, 5.41) is 21.9. The molecule has 150 valence electrons. The van der Waals surface area contributed by atoms with E-state index in [-0.39, 0.29) is 6.04 Å². The molecular formula is C20H24N8O. The van der Waals surface area contributed by atoms with Crippen LogP contribution in [0, 0.1) is 0 Å². The number of nitrogens with one attached hydrogen (secondary N) is 3. The lowest BCUT2D eigenvalue weighted by Gasteiger charge is -2.33. The second-order valence-corrected chi connectivity index (χ2v) is 7.93. The van der Waals surface area contributed by atoms with Gasteiger partial charge in [-0.25, -0.2) is 9.50 Å². The van der Waals surface area contributed by atoms with Gasteiger partial charge in [0.2, 0.25) is 5.95 Å². The molecule has 9 heteroatoms. The third-order valence-corrected chi connectivity index (χ3v) is 5.70. The molecule has 0 aliphatic heterocycles. The van der Waals surface area contributed by atoms with Gasteiger partial charge in [-0.3, -0.25) is 0 Å². The number of aromatic nitrogens is 6. The van der Waals surface area contributed by atoms with Crippen LogP contribution in [0.2, 0.25) is 0 Å². The maximum absolute atomic E-state index is 10.2. The molecule has 0 bridgehead atoms. The van der Waals surface area contributed by atoms with Crippen molar-refractivity contribution in [2.24, 2.45) is 0 Å². The van der Waals surface area contributed by atoms with E-state index in [1.165, 1.54) is 0 Å². The minimum Gasteiger partial charge on any atom is -0.390 e. The van der Waals surface area contributed by atoms with Crippen LogP contribution in [0.25, 0.3) is 27.9 Å². The van der Waals surface area contributed by atoms with E-state index >= 15 is 0 Å². The maximum atomic E-state index is 10.2. The van der Waals surface area contributed by atoms with Gasteiger partial charge in [0.15, 0.2) is 5.65 Å². The third-order valence-electron chi connectivity index (χ3n) is 5.70. The van der Waals surface area contributed by atoms with Crippen LogP contribution in [0.3, 0.4) is 0 Å². The van der Waals surface area contributed by atoms with Crippen LogP contribution in [-0.2, 0) is 0 Å². The Hall–Kier alpha value is -3.20. The monoisotopic (exact) mass is 392 g/mol. The van der Waals surface area contributed by atoms with Crippen LogP contribution in [0.1, 0.15) is 32.6 Å². The fourth-order valence-corrected chi connectivity index (χ4v) is 4.01. The molecule has 4 aromatic rings. The smallest absolute Gasteiger partial charge is 0.226 e. The number of anilines is 2. The van der Waals surface area contributed by atoms with Crippen molar-refractivity contribution in [3.05, 3.63) is 30.7 Å². The number of H-pyrrole nitrogens is 1. The summed E-state index contributed by atoms with van der Waals surface area (Å²) in [6.45, 7) is 1.90. The minimum absolute atomic E-state index is 0.262. The van der Waals surface area contributed by atoms with Crippen LogP contribution < -0.4 is 10.6 Å². The molecule has 0 spiro atoms. The SMILES string of the molecule is CNc1nc(NC2CCC(C)(O)CC2)nc2[nH]cc(-c3ccn4nccc4n3)c12. The van der Waals surface area contributed by atoms with Gasteiger partial charge in [-0.2, -0.15) is 15.1 Å². The molecule has 0 atom stereocenters. The quantitative estimate of drug-likeness (QED) is 0.422. The molecule has 4 heterocycles. The van der Waals surface area contributed by atoms with Crippen LogP contribution in [0.15, 0.2) is 30.7 Å². The second kappa shape index (κ2) is 6.70. The van der Waals surface area contributed by atoms with Gasteiger partial charge in [0.05, 0.1) is 22.9 Å². The highest BCUT2D eigenvalue weighted by Crippen LogP contribution is 2.33. The molecule has 5 rings (SSSR count). The lowest BCUT2D eigenvalue weighted by molar-refractivity contribution is 0.0196. The summed E-state index contributed by atoms with van der Waals surface area (Å²) >= 11 is 0. The molecule has 4 N–H and O–H groups in total. The predicted molar refractivity (Wildman–Crippen MR) is 112 cm³/mol. The van der Waals surface area contributed by atoms with E-state index in [9.17, 15) is 5.11 Å².